The molecule has 1 aliphatic heterocycles. The van der Waals surface area contributed by atoms with Crippen LogP contribution in [0.4, 0.5) is 0 Å². The standard InChI is InChI=1S/C24H30N2O6/c1-15(2)19-13-20-18(12-24(30)32-21(20)11-16(19)3)14-31-23(29)6-5-22(28)26-9-7-25(8-10-26)17(4)27/h11-13,15H,5-10,14H2,1-4H3. The number of ether oxygens (including phenoxy) is 1. The summed E-state index contributed by atoms with van der Waals surface area (Å²) in [7, 11) is 0. The monoisotopic (exact) mass is 442 g/mol. The topological polar surface area (TPSA) is 97.1 Å². The van der Waals surface area contributed by atoms with E-state index in [4.69, 9.17) is 9.15 Å². The van der Waals surface area contributed by atoms with Crippen LogP contribution in [0.1, 0.15) is 56.2 Å². The van der Waals surface area contributed by atoms with Gasteiger partial charge < -0.3 is 19.0 Å². The first-order valence-corrected chi connectivity index (χ1v) is 10.9. The lowest BCUT2D eigenvalue weighted by molar-refractivity contribution is -0.147. The summed E-state index contributed by atoms with van der Waals surface area (Å²) in [4.78, 5) is 51.3. The number of benzene rings is 1. The molecule has 0 aliphatic carbocycles. The minimum absolute atomic E-state index is 0.00109. The zero-order chi connectivity index (χ0) is 23.4. The largest absolute Gasteiger partial charge is 0.461 e. The van der Waals surface area contributed by atoms with E-state index in [-0.39, 0.29) is 31.3 Å². The number of piperazine rings is 1. The molecule has 0 radical (unpaired) electrons. The zero-order valence-corrected chi connectivity index (χ0v) is 19.1. The summed E-state index contributed by atoms with van der Waals surface area (Å²) in [6.45, 7) is 9.55. The fourth-order valence-electron chi connectivity index (χ4n) is 4.00. The molecule has 8 heteroatoms. The Morgan fingerprint density at radius 3 is 2.31 bits per heavy atom. The lowest BCUT2D eigenvalue weighted by Crippen LogP contribution is -2.50. The second-order valence-electron chi connectivity index (χ2n) is 8.50. The van der Waals surface area contributed by atoms with E-state index < -0.39 is 11.6 Å². The summed E-state index contributed by atoms with van der Waals surface area (Å²) in [5, 5.41) is 0.742. The maximum atomic E-state index is 12.4. The first kappa shape index (κ1) is 23.5. The van der Waals surface area contributed by atoms with E-state index in [1.807, 2.05) is 19.1 Å². The number of esters is 1. The number of nitrogens with zero attached hydrogens (tertiary/aromatic N) is 2. The summed E-state index contributed by atoms with van der Waals surface area (Å²) in [5.74, 6) is -0.338. The second kappa shape index (κ2) is 9.97. The van der Waals surface area contributed by atoms with Crippen molar-refractivity contribution in [3.63, 3.8) is 0 Å². The fraction of sp³-hybridized carbons (Fsp3) is 0.500. The molecule has 0 saturated carbocycles. The van der Waals surface area contributed by atoms with Crippen molar-refractivity contribution < 1.29 is 23.5 Å². The van der Waals surface area contributed by atoms with Crippen molar-refractivity contribution in [3.05, 3.63) is 45.3 Å². The Labute approximate surface area is 187 Å². The SMILES string of the molecule is CC(=O)N1CCN(C(=O)CCC(=O)OCc2cc(=O)oc3cc(C)c(C(C)C)cc23)CC1. The van der Waals surface area contributed by atoms with Crippen LogP contribution in [0.5, 0.6) is 0 Å². The molecule has 0 bridgehead atoms. The molecular weight excluding hydrogens is 412 g/mol. The average Bonchev–Trinajstić information content (AvgIpc) is 2.74. The molecule has 0 atom stereocenters. The predicted molar refractivity (Wildman–Crippen MR) is 119 cm³/mol. The number of aryl methyl sites for hydroxylation is 1. The molecule has 1 fully saturated rings. The highest BCUT2D eigenvalue weighted by atomic mass is 16.5. The van der Waals surface area contributed by atoms with E-state index >= 15 is 0 Å². The number of rotatable bonds is 6. The van der Waals surface area contributed by atoms with Gasteiger partial charge in [0.1, 0.15) is 12.2 Å². The van der Waals surface area contributed by atoms with Crippen LogP contribution in [0, 0.1) is 6.92 Å². The van der Waals surface area contributed by atoms with Crippen molar-refractivity contribution in [2.75, 3.05) is 26.2 Å². The molecule has 0 spiro atoms. The van der Waals surface area contributed by atoms with Crippen LogP contribution in [0.15, 0.2) is 27.4 Å². The minimum atomic E-state index is -0.502. The molecule has 3 rings (SSSR count). The minimum Gasteiger partial charge on any atom is -0.461 e. The van der Waals surface area contributed by atoms with E-state index in [2.05, 4.69) is 13.8 Å². The van der Waals surface area contributed by atoms with Gasteiger partial charge in [-0.1, -0.05) is 13.8 Å². The van der Waals surface area contributed by atoms with Gasteiger partial charge in [-0.2, -0.15) is 0 Å². The van der Waals surface area contributed by atoms with Crippen LogP contribution in [-0.4, -0.2) is 53.8 Å². The van der Waals surface area contributed by atoms with Crippen molar-refractivity contribution in [2.24, 2.45) is 0 Å². The third kappa shape index (κ3) is 5.55. The Kier molecular flexibility index (Phi) is 7.33. The quantitative estimate of drug-likeness (QED) is 0.504. The molecule has 1 saturated heterocycles. The van der Waals surface area contributed by atoms with Crippen LogP contribution in [0.3, 0.4) is 0 Å². The van der Waals surface area contributed by atoms with Gasteiger partial charge in [-0.05, 0) is 36.1 Å². The summed E-state index contributed by atoms with van der Waals surface area (Å²) in [5.41, 5.74) is 2.71. The first-order valence-electron chi connectivity index (χ1n) is 10.9. The average molecular weight is 443 g/mol. The van der Waals surface area contributed by atoms with Gasteiger partial charge in [0.2, 0.25) is 11.8 Å². The third-order valence-corrected chi connectivity index (χ3v) is 5.85. The Hall–Kier alpha value is -3.16. The Morgan fingerprint density at radius 1 is 1.03 bits per heavy atom. The molecular formula is C24H30N2O6. The highest BCUT2D eigenvalue weighted by Crippen LogP contribution is 2.27. The molecule has 172 valence electrons. The maximum Gasteiger partial charge on any atom is 0.336 e. The molecule has 2 heterocycles. The number of hydrogen-bond donors (Lipinski definition) is 0. The number of hydrogen-bond acceptors (Lipinski definition) is 6. The summed E-state index contributed by atoms with van der Waals surface area (Å²) >= 11 is 0. The van der Waals surface area contributed by atoms with E-state index in [0.29, 0.717) is 43.2 Å². The van der Waals surface area contributed by atoms with Crippen LogP contribution in [0.2, 0.25) is 0 Å². The van der Waals surface area contributed by atoms with Gasteiger partial charge in [0.15, 0.2) is 0 Å². The van der Waals surface area contributed by atoms with E-state index in [1.54, 1.807) is 9.80 Å². The maximum absolute atomic E-state index is 12.4. The van der Waals surface area contributed by atoms with Crippen molar-refractivity contribution in [2.45, 2.75) is 53.1 Å². The summed E-state index contributed by atoms with van der Waals surface area (Å²) in [6.07, 6.45) is 0.00869. The van der Waals surface area contributed by atoms with Crippen LogP contribution in [0.25, 0.3) is 11.0 Å². The van der Waals surface area contributed by atoms with Crippen LogP contribution < -0.4 is 5.63 Å². The molecule has 1 aromatic carbocycles. The molecule has 8 nitrogen and oxygen atoms in total. The first-order chi connectivity index (χ1) is 15.2. The molecule has 2 aromatic rings. The van der Waals surface area contributed by atoms with Crippen LogP contribution >= 0.6 is 0 Å². The van der Waals surface area contributed by atoms with Crippen molar-refractivity contribution >= 4 is 28.8 Å². The Bertz CT molecular complexity index is 1080. The predicted octanol–water partition coefficient (Wildman–Crippen LogP) is 2.74. The third-order valence-electron chi connectivity index (χ3n) is 5.85. The summed E-state index contributed by atoms with van der Waals surface area (Å²) in [6, 6.07) is 5.16. The van der Waals surface area contributed by atoms with Gasteiger partial charge in [-0.3, -0.25) is 14.4 Å². The number of fused-ring (bicyclic) bond motifs is 1. The number of carbonyl (C=O) groups is 3. The second-order valence-corrected chi connectivity index (χ2v) is 8.50. The lowest BCUT2D eigenvalue weighted by atomic mass is 9.95. The van der Waals surface area contributed by atoms with E-state index in [0.717, 1.165) is 16.5 Å². The summed E-state index contributed by atoms with van der Waals surface area (Å²) < 4.78 is 10.7. The Balaban J connectivity index is 1.59. The number of carbonyl (C=O) groups excluding carboxylic acids is 3. The van der Waals surface area contributed by atoms with Gasteiger partial charge in [0.25, 0.3) is 0 Å². The van der Waals surface area contributed by atoms with Crippen molar-refractivity contribution in [1.29, 1.82) is 0 Å². The zero-order valence-electron chi connectivity index (χ0n) is 19.1. The van der Waals surface area contributed by atoms with Crippen molar-refractivity contribution in [1.82, 2.24) is 9.80 Å². The van der Waals surface area contributed by atoms with Gasteiger partial charge in [-0.25, -0.2) is 4.79 Å². The highest BCUT2D eigenvalue weighted by Gasteiger charge is 2.23. The Morgan fingerprint density at radius 2 is 1.69 bits per heavy atom. The van der Waals surface area contributed by atoms with E-state index in [1.165, 1.54) is 13.0 Å². The highest BCUT2D eigenvalue weighted by molar-refractivity contribution is 5.83. The molecule has 1 aliphatic rings. The number of amides is 2. The van der Waals surface area contributed by atoms with Gasteiger partial charge in [-0.15, -0.1) is 0 Å². The van der Waals surface area contributed by atoms with Gasteiger partial charge in [0.05, 0.1) is 6.42 Å². The smallest absolute Gasteiger partial charge is 0.336 e. The molecule has 32 heavy (non-hydrogen) atoms. The molecule has 0 unspecified atom stereocenters. The van der Waals surface area contributed by atoms with Crippen molar-refractivity contribution in [3.8, 4) is 0 Å². The molecule has 0 N–H and O–H groups in total. The van der Waals surface area contributed by atoms with Gasteiger partial charge >= 0.3 is 11.6 Å². The molecule has 1 aromatic heterocycles. The normalized spacial score (nSPS) is 14.2. The van der Waals surface area contributed by atoms with E-state index in [9.17, 15) is 19.2 Å². The molecule has 2 amide bonds. The fourth-order valence-corrected chi connectivity index (χ4v) is 4.00. The van der Waals surface area contributed by atoms with Crippen LogP contribution in [-0.2, 0) is 25.7 Å². The van der Waals surface area contributed by atoms with Gasteiger partial charge in [0, 0.05) is 56.5 Å². The lowest BCUT2D eigenvalue weighted by Gasteiger charge is -2.34.